The van der Waals surface area contributed by atoms with Gasteiger partial charge in [0.05, 0.1) is 5.69 Å². The summed E-state index contributed by atoms with van der Waals surface area (Å²) in [7, 11) is 0. The Morgan fingerprint density at radius 1 is 1.50 bits per heavy atom. The van der Waals surface area contributed by atoms with E-state index in [4.69, 9.17) is 4.52 Å². The molecule has 2 rings (SSSR count). The number of aromatic nitrogens is 3. The van der Waals surface area contributed by atoms with E-state index in [2.05, 4.69) is 29.4 Å². The first-order valence-electron chi connectivity index (χ1n) is 5.39. The molecule has 2 aromatic rings. The van der Waals surface area contributed by atoms with Gasteiger partial charge in [-0.05, 0) is 6.07 Å². The molecule has 0 amide bonds. The van der Waals surface area contributed by atoms with Crippen LogP contribution in [0.2, 0.25) is 0 Å². The van der Waals surface area contributed by atoms with Crippen molar-refractivity contribution in [2.75, 3.05) is 0 Å². The third-order valence-corrected chi connectivity index (χ3v) is 2.18. The second-order valence-electron chi connectivity index (χ2n) is 4.02. The summed E-state index contributed by atoms with van der Waals surface area (Å²) in [6.07, 6.45) is 3.64. The molecule has 2 heterocycles. The van der Waals surface area contributed by atoms with Crippen molar-refractivity contribution in [3.63, 3.8) is 0 Å². The van der Waals surface area contributed by atoms with Crippen molar-refractivity contribution in [1.82, 2.24) is 20.3 Å². The molecule has 16 heavy (non-hydrogen) atoms. The van der Waals surface area contributed by atoms with Gasteiger partial charge in [-0.25, -0.2) is 0 Å². The molecular formula is C11H16N4O. The van der Waals surface area contributed by atoms with E-state index in [0.717, 1.165) is 18.0 Å². The standard InChI is InChI=1S/C11H16N4O/c1-9(2)12-7-10-6-11(16-14-10)8-15-5-3-4-13-15/h3-6,9,12H,7-8H2,1-2H3. The lowest BCUT2D eigenvalue weighted by molar-refractivity contribution is 0.363. The average Bonchev–Trinajstić information content (AvgIpc) is 2.87. The molecule has 0 fully saturated rings. The highest BCUT2D eigenvalue weighted by Crippen LogP contribution is 2.05. The summed E-state index contributed by atoms with van der Waals surface area (Å²) in [5, 5.41) is 11.4. The van der Waals surface area contributed by atoms with E-state index in [1.54, 1.807) is 10.9 Å². The van der Waals surface area contributed by atoms with Gasteiger partial charge in [-0.1, -0.05) is 19.0 Å². The van der Waals surface area contributed by atoms with E-state index >= 15 is 0 Å². The van der Waals surface area contributed by atoms with Crippen LogP contribution in [0.1, 0.15) is 25.3 Å². The molecule has 0 aromatic carbocycles. The Labute approximate surface area is 94.4 Å². The predicted octanol–water partition coefficient (Wildman–Crippen LogP) is 1.42. The van der Waals surface area contributed by atoms with Crippen LogP contribution in [0.25, 0.3) is 0 Å². The maximum absolute atomic E-state index is 5.22. The first kappa shape index (κ1) is 10.9. The van der Waals surface area contributed by atoms with Crippen LogP contribution in [0, 0.1) is 0 Å². The summed E-state index contributed by atoms with van der Waals surface area (Å²) in [5.41, 5.74) is 0.927. The molecule has 86 valence electrons. The molecule has 0 unspecified atom stereocenters. The van der Waals surface area contributed by atoms with Crippen LogP contribution in [0.15, 0.2) is 29.0 Å². The summed E-state index contributed by atoms with van der Waals surface area (Å²) in [4.78, 5) is 0. The Morgan fingerprint density at radius 3 is 3.06 bits per heavy atom. The van der Waals surface area contributed by atoms with E-state index < -0.39 is 0 Å². The van der Waals surface area contributed by atoms with Gasteiger partial charge in [-0.2, -0.15) is 5.10 Å². The Bertz CT molecular complexity index is 419. The van der Waals surface area contributed by atoms with Crippen molar-refractivity contribution in [3.8, 4) is 0 Å². The van der Waals surface area contributed by atoms with Gasteiger partial charge >= 0.3 is 0 Å². The first-order chi connectivity index (χ1) is 7.74. The van der Waals surface area contributed by atoms with Gasteiger partial charge in [0.25, 0.3) is 0 Å². The maximum Gasteiger partial charge on any atom is 0.158 e. The largest absolute Gasteiger partial charge is 0.359 e. The fourth-order valence-corrected chi connectivity index (χ4v) is 1.38. The van der Waals surface area contributed by atoms with Crippen LogP contribution in [0.4, 0.5) is 0 Å². The molecule has 0 atom stereocenters. The molecule has 0 aliphatic heterocycles. The fourth-order valence-electron chi connectivity index (χ4n) is 1.38. The van der Waals surface area contributed by atoms with E-state index in [0.29, 0.717) is 12.6 Å². The van der Waals surface area contributed by atoms with Crippen molar-refractivity contribution in [2.24, 2.45) is 0 Å². The third kappa shape index (κ3) is 2.93. The minimum Gasteiger partial charge on any atom is -0.359 e. The highest BCUT2D eigenvalue weighted by Gasteiger charge is 2.05. The average molecular weight is 220 g/mol. The minimum atomic E-state index is 0.450. The number of rotatable bonds is 5. The molecule has 5 nitrogen and oxygen atoms in total. The summed E-state index contributed by atoms with van der Waals surface area (Å²) in [6, 6.07) is 4.29. The zero-order valence-corrected chi connectivity index (χ0v) is 9.55. The summed E-state index contributed by atoms with van der Waals surface area (Å²) < 4.78 is 7.03. The normalized spacial score (nSPS) is 11.2. The number of nitrogens with one attached hydrogen (secondary N) is 1. The second-order valence-corrected chi connectivity index (χ2v) is 4.02. The molecular weight excluding hydrogens is 204 g/mol. The van der Waals surface area contributed by atoms with Gasteiger partial charge in [0, 0.05) is 31.0 Å². The maximum atomic E-state index is 5.22. The lowest BCUT2D eigenvalue weighted by Gasteiger charge is -2.03. The monoisotopic (exact) mass is 220 g/mol. The topological polar surface area (TPSA) is 55.9 Å². The zero-order chi connectivity index (χ0) is 11.4. The molecule has 0 bridgehead atoms. The van der Waals surface area contributed by atoms with Crippen LogP contribution in [0.5, 0.6) is 0 Å². The van der Waals surface area contributed by atoms with Crippen molar-refractivity contribution in [3.05, 3.63) is 36.0 Å². The van der Waals surface area contributed by atoms with Crippen LogP contribution < -0.4 is 5.32 Å². The van der Waals surface area contributed by atoms with Crippen molar-refractivity contribution in [1.29, 1.82) is 0 Å². The molecule has 0 saturated heterocycles. The lowest BCUT2D eigenvalue weighted by Crippen LogP contribution is -2.21. The number of hydrogen-bond donors (Lipinski definition) is 1. The third-order valence-electron chi connectivity index (χ3n) is 2.18. The lowest BCUT2D eigenvalue weighted by atomic mass is 10.3. The summed E-state index contributed by atoms with van der Waals surface area (Å²) in [5.74, 6) is 0.823. The smallest absolute Gasteiger partial charge is 0.158 e. The zero-order valence-electron chi connectivity index (χ0n) is 9.55. The van der Waals surface area contributed by atoms with Crippen LogP contribution in [-0.4, -0.2) is 21.0 Å². The Morgan fingerprint density at radius 2 is 2.38 bits per heavy atom. The predicted molar refractivity (Wildman–Crippen MR) is 59.8 cm³/mol. The Balaban J connectivity index is 1.92. The van der Waals surface area contributed by atoms with Crippen molar-refractivity contribution >= 4 is 0 Å². The summed E-state index contributed by atoms with van der Waals surface area (Å²) >= 11 is 0. The van der Waals surface area contributed by atoms with Gasteiger partial charge in [0.1, 0.15) is 6.54 Å². The van der Waals surface area contributed by atoms with E-state index in [1.165, 1.54) is 0 Å². The molecule has 0 aliphatic rings. The Hall–Kier alpha value is -1.62. The quantitative estimate of drug-likeness (QED) is 0.828. The molecule has 0 aliphatic carbocycles. The van der Waals surface area contributed by atoms with Crippen molar-refractivity contribution in [2.45, 2.75) is 33.0 Å². The number of nitrogens with zero attached hydrogens (tertiary/aromatic N) is 3. The second kappa shape index (κ2) is 4.94. The highest BCUT2D eigenvalue weighted by molar-refractivity contribution is 5.05. The minimum absolute atomic E-state index is 0.450. The van der Waals surface area contributed by atoms with Crippen LogP contribution in [-0.2, 0) is 13.1 Å². The SMILES string of the molecule is CC(C)NCc1cc(Cn2cccn2)on1. The number of hydrogen-bond acceptors (Lipinski definition) is 4. The van der Waals surface area contributed by atoms with Gasteiger partial charge < -0.3 is 9.84 Å². The van der Waals surface area contributed by atoms with Crippen LogP contribution in [0.3, 0.4) is 0 Å². The van der Waals surface area contributed by atoms with Gasteiger partial charge in [-0.3, -0.25) is 4.68 Å². The molecule has 1 N–H and O–H groups in total. The Kier molecular flexibility index (Phi) is 3.36. The van der Waals surface area contributed by atoms with Gasteiger partial charge in [-0.15, -0.1) is 0 Å². The molecule has 2 aromatic heterocycles. The van der Waals surface area contributed by atoms with E-state index in [9.17, 15) is 0 Å². The summed E-state index contributed by atoms with van der Waals surface area (Å²) in [6.45, 7) is 5.57. The molecule has 0 radical (unpaired) electrons. The first-order valence-corrected chi connectivity index (χ1v) is 5.39. The van der Waals surface area contributed by atoms with Crippen molar-refractivity contribution < 1.29 is 4.52 Å². The van der Waals surface area contributed by atoms with E-state index in [-0.39, 0.29) is 0 Å². The fraction of sp³-hybridized carbons (Fsp3) is 0.455. The van der Waals surface area contributed by atoms with Gasteiger partial charge in [0.2, 0.25) is 0 Å². The van der Waals surface area contributed by atoms with Gasteiger partial charge in [0.15, 0.2) is 5.76 Å². The van der Waals surface area contributed by atoms with E-state index in [1.807, 2.05) is 18.3 Å². The molecule has 0 saturated carbocycles. The molecule has 5 heteroatoms. The molecule has 0 spiro atoms. The van der Waals surface area contributed by atoms with Crippen LogP contribution >= 0.6 is 0 Å². The highest BCUT2D eigenvalue weighted by atomic mass is 16.5.